The molecule has 0 aliphatic rings. The number of esters is 1. The number of allylic oxidation sites excluding steroid dienone is 7. The number of aliphatic hydroxyl groups is 1. The van der Waals surface area contributed by atoms with Crippen LogP contribution in [0.1, 0.15) is 64.7 Å². The average Bonchev–Trinajstić information content (AvgIpc) is 2.58. The Bertz CT molecular complexity index is 405. The van der Waals surface area contributed by atoms with Crippen LogP contribution in [-0.2, 0) is 9.53 Å². The Labute approximate surface area is 147 Å². The highest BCUT2D eigenvalue weighted by atomic mass is 16.5. The van der Waals surface area contributed by atoms with Crippen LogP contribution in [0.15, 0.2) is 48.6 Å². The minimum Gasteiger partial charge on any atom is -0.469 e. The van der Waals surface area contributed by atoms with Gasteiger partial charge in [-0.15, -0.1) is 0 Å². The molecule has 0 radical (unpaired) electrons. The summed E-state index contributed by atoms with van der Waals surface area (Å²) in [7, 11) is 1.33. The van der Waals surface area contributed by atoms with Crippen LogP contribution in [0.3, 0.4) is 0 Å². The summed E-state index contributed by atoms with van der Waals surface area (Å²) in [6.45, 7) is 2.23. The number of carbonyl (C=O) groups is 1. The molecular formula is C21H34O3. The first-order chi connectivity index (χ1) is 11.7. The van der Waals surface area contributed by atoms with Crippen LogP contribution in [-0.4, -0.2) is 24.3 Å². The van der Waals surface area contributed by atoms with Crippen LogP contribution >= 0.6 is 0 Å². The number of hydrogen-bond donors (Lipinski definition) is 1. The van der Waals surface area contributed by atoms with Crippen molar-refractivity contribution in [3.05, 3.63) is 48.6 Å². The normalized spacial score (nSPS) is 13.6. The summed E-state index contributed by atoms with van der Waals surface area (Å²) in [4.78, 5) is 11.0. The maximum absolute atomic E-state index is 11.0. The van der Waals surface area contributed by atoms with Crippen LogP contribution in [0, 0.1) is 0 Å². The minimum atomic E-state index is -0.657. The van der Waals surface area contributed by atoms with Gasteiger partial charge < -0.3 is 9.84 Å². The second kappa shape index (κ2) is 17.7. The van der Waals surface area contributed by atoms with E-state index in [4.69, 9.17) is 0 Å². The van der Waals surface area contributed by atoms with Gasteiger partial charge in [0.15, 0.2) is 0 Å². The number of aliphatic hydroxyl groups excluding tert-OH is 1. The van der Waals surface area contributed by atoms with E-state index in [1.165, 1.54) is 32.8 Å². The molecule has 0 fully saturated rings. The SMILES string of the molecule is CCCCC/C=C\C/C=C\C/C=C\C/C=C\C[C@@H](O)CC(=O)OC. The summed E-state index contributed by atoms with van der Waals surface area (Å²) in [6, 6.07) is 0. The summed E-state index contributed by atoms with van der Waals surface area (Å²) in [5, 5.41) is 9.57. The van der Waals surface area contributed by atoms with Gasteiger partial charge in [-0.1, -0.05) is 68.4 Å². The molecule has 0 unspecified atom stereocenters. The molecule has 24 heavy (non-hydrogen) atoms. The van der Waals surface area contributed by atoms with Gasteiger partial charge in [0.05, 0.1) is 19.6 Å². The molecule has 0 rings (SSSR count). The van der Waals surface area contributed by atoms with E-state index in [1.54, 1.807) is 0 Å². The van der Waals surface area contributed by atoms with Crippen LogP contribution in [0.2, 0.25) is 0 Å². The van der Waals surface area contributed by atoms with Gasteiger partial charge in [0.25, 0.3) is 0 Å². The molecule has 0 spiro atoms. The lowest BCUT2D eigenvalue weighted by atomic mass is 10.1. The van der Waals surface area contributed by atoms with E-state index in [1.807, 2.05) is 12.2 Å². The van der Waals surface area contributed by atoms with Crippen molar-refractivity contribution in [1.82, 2.24) is 0 Å². The van der Waals surface area contributed by atoms with E-state index in [0.717, 1.165) is 19.3 Å². The molecule has 0 aromatic heterocycles. The summed E-state index contributed by atoms with van der Waals surface area (Å²) in [5.41, 5.74) is 0. The van der Waals surface area contributed by atoms with E-state index in [-0.39, 0.29) is 12.4 Å². The van der Waals surface area contributed by atoms with E-state index in [0.29, 0.717) is 6.42 Å². The molecule has 0 aromatic rings. The van der Waals surface area contributed by atoms with E-state index in [9.17, 15) is 9.90 Å². The van der Waals surface area contributed by atoms with Crippen molar-refractivity contribution in [1.29, 1.82) is 0 Å². The van der Waals surface area contributed by atoms with Crippen molar-refractivity contribution in [3.63, 3.8) is 0 Å². The fraction of sp³-hybridized carbons (Fsp3) is 0.571. The molecule has 0 saturated carbocycles. The van der Waals surface area contributed by atoms with Gasteiger partial charge in [-0.3, -0.25) is 4.79 Å². The van der Waals surface area contributed by atoms with E-state index < -0.39 is 6.10 Å². The molecular weight excluding hydrogens is 300 g/mol. The fourth-order valence-corrected chi connectivity index (χ4v) is 2.06. The Morgan fingerprint density at radius 1 is 0.917 bits per heavy atom. The molecule has 0 aliphatic heterocycles. The van der Waals surface area contributed by atoms with Gasteiger partial charge in [0.1, 0.15) is 0 Å². The molecule has 3 heteroatoms. The van der Waals surface area contributed by atoms with Crippen molar-refractivity contribution >= 4 is 5.97 Å². The molecule has 136 valence electrons. The maximum atomic E-state index is 11.0. The largest absolute Gasteiger partial charge is 0.469 e. The van der Waals surface area contributed by atoms with Crippen molar-refractivity contribution in [3.8, 4) is 0 Å². The lowest BCUT2D eigenvalue weighted by Crippen LogP contribution is -2.13. The smallest absolute Gasteiger partial charge is 0.308 e. The lowest BCUT2D eigenvalue weighted by molar-refractivity contribution is -0.142. The molecule has 3 nitrogen and oxygen atoms in total. The van der Waals surface area contributed by atoms with Gasteiger partial charge in [-0.2, -0.15) is 0 Å². The Morgan fingerprint density at radius 3 is 2.00 bits per heavy atom. The number of carbonyl (C=O) groups excluding carboxylic acids is 1. The van der Waals surface area contributed by atoms with Crippen molar-refractivity contribution in [2.24, 2.45) is 0 Å². The van der Waals surface area contributed by atoms with Crippen LogP contribution < -0.4 is 0 Å². The first kappa shape index (κ1) is 22.4. The number of unbranched alkanes of at least 4 members (excludes halogenated alkanes) is 3. The summed E-state index contributed by atoms with van der Waals surface area (Å²) < 4.78 is 4.50. The van der Waals surface area contributed by atoms with Crippen LogP contribution in [0.5, 0.6) is 0 Å². The molecule has 0 aliphatic carbocycles. The van der Waals surface area contributed by atoms with Crippen molar-refractivity contribution < 1.29 is 14.6 Å². The maximum Gasteiger partial charge on any atom is 0.308 e. The topological polar surface area (TPSA) is 46.5 Å². The molecule has 1 atom stereocenters. The van der Waals surface area contributed by atoms with Crippen molar-refractivity contribution in [2.75, 3.05) is 7.11 Å². The third-order valence-electron chi connectivity index (χ3n) is 3.50. The minimum absolute atomic E-state index is 0.0501. The number of hydrogen-bond acceptors (Lipinski definition) is 3. The molecule has 0 saturated heterocycles. The van der Waals surface area contributed by atoms with E-state index in [2.05, 4.69) is 48.1 Å². The highest BCUT2D eigenvalue weighted by Gasteiger charge is 2.08. The third-order valence-corrected chi connectivity index (χ3v) is 3.50. The van der Waals surface area contributed by atoms with Crippen LogP contribution in [0.4, 0.5) is 0 Å². The monoisotopic (exact) mass is 334 g/mol. The lowest BCUT2D eigenvalue weighted by Gasteiger charge is -2.04. The highest BCUT2D eigenvalue weighted by Crippen LogP contribution is 2.02. The van der Waals surface area contributed by atoms with Crippen molar-refractivity contribution in [2.45, 2.75) is 70.8 Å². The zero-order chi connectivity index (χ0) is 17.9. The second-order valence-corrected chi connectivity index (χ2v) is 5.76. The van der Waals surface area contributed by atoms with Gasteiger partial charge in [-0.05, 0) is 38.5 Å². The van der Waals surface area contributed by atoms with Gasteiger partial charge in [0, 0.05) is 0 Å². The summed E-state index contributed by atoms with van der Waals surface area (Å²) >= 11 is 0. The van der Waals surface area contributed by atoms with E-state index >= 15 is 0 Å². The Kier molecular flexibility index (Phi) is 16.5. The standard InChI is InChI=1S/C21H34O3/c1-3-4-5-6-7-8-9-10-11-12-13-14-15-16-17-18-20(22)19-21(23)24-2/h7-8,10-11,13-14,16-17,20,22H,3-6,9,12,15,18-19H2,1-2H3/b8-7-,11-10-,14-13-,17-16-/t20-/m1/s1. The number of ether oxygens (including phenoxy) is 1. The highest BCUT2D eigenvalue weighted by molar-refractivity contribution is 5.69. The number of rotatable bonds is 14. The molecule has 0 amide bonds. The molecule has 0 bridgehead atoms. The fourth-order valence-electron chi connectivity index (χ4n) is 2.06. The number of methoxy groups -OCH3 is 1. The first-order valence-electron chi connectivity index (χ1n) is 9.05. The molecule has 0 heterocycles. The summed E-state index contributed by atoms with van der Waals surface area (Å²) in [6.07, 6.45) is 24.8. The van der Waals surface area contributed by atoms with Gasteiger partial charge in [0.2, 0.25) is 0 Å². The zero-order valence-electron chi connectivity index (χ0n) is 15.3. The zero-order valence-corrected chi connectivity index (χ0v) is 15.3. The van der Waals surface area contributed by atoms with Gasteiger partial charge >= 0.3 is 5.97 Å². The quantitative estimate of drug-likeness (QED) is 0.267. The predicted molar refractivity (Wildman–Crippen MR) is 102 cm³/mol. The Balaban J connectivity index is 3.56. The molecule has 0 aromatic carbocycles. The Morgan fingerprint density at radius 2 is 1.46 bits per heavy atom. The third kappa shape index (κ3) is 16.8. The van der Waals surface area contributed by atoms with Crippen LogP contribution in [0.25, 0.3) is 0 Å². The predicted octanol–water partition coefficient (Wildman–Crippen LogP) is 5.28. The van der Waals surface area contributed by atoms with Gasteiger partial charge in [-0.25, -0.2) is 0 Å². The average molecular weight is 335 g/mol. The second-order valence-electron chi connectivity index (χ2n) is 5.76. The first-order valence-corrected chi connectivity index (χ1v) is 9.05. The Hall–Kier alpha value is -1.61. The summed E-state index contributed by atoms with van der Waals surface area (Å²) in [5.74, 6) is -0.376. The molecule has 1 N–H and O–H groups in total.